The van der Waals surface area contributed by atoms with Crippen LogP contribution in [0.5, 0.6) is 0 Å². The number of fused-ring (bicyclic) bond motifs is 2. The maximum atomic E-state index is 13.5. The van der Waals surface area contributed by atoms with Crippen molar-refractivity contribution in [1.29, 1.82) is 0 Å². The van der Waals surface area contributed by atoms with Gasteiger partial charge in [-0.1, -0.05) is 6.07 Å². The smallest absolute Gasteiger partial charge is 0.326 e. The number of aromatic amines is 1. The minimum Gasteiger partial charge on any atom is -0.480 e. The first kappa shape index (κ1) is 14.6. The Balaban J connectivity index is 1.85. The normalized spacial score (nSPS) is 17.1. The van der Waals surface area contributed by atoms with Crippen LogP contribution in [0.2, 0.25) is 0 Å². The SMILES string of the molecule is Cc1[nH]nc2c(N3Cc4ccc(F)cc4C[C@H]3C(=O)O)ncnc12. The molecule has 0 saturated carbocycles. The van der Waals surface area contributed by atoms with E-state index in [1.165, 1.54) is 18.5 Å². The molecule has 0 spiro atoms. The molecule has 0 radical (unpaired) electrons. The monoisotopic (exact) mass is 327 g/mol. The third kappa shape index (κ3) is 2.18. The fourth-order valence-corrected chi connectivity index (χ4v) is 3.14. The number of rotatable bonds is 2. The van der Waals surface area contributed by atoms with Gasteiger partial charge in [-0.2, -0.15) is 5.10 Å². The third-order valence-electron chi connectivity index (χ3n) is 4.35. The molecule has 1 aromatic carbocycles. The van der Waals surface area contributed by atoms with Crippen LogP contribution < -0.4 is 4.90 Å². The lowest BCUT2D eigenvalue weighted by Crippen LogP contribution is -2.46. The number of aromatic nitrogens is 4. The number of benzene rings is 1. The molecule has 3 aromatic rings. The van der Waals surface area contributed by atoms with Crippen molar-refractivity contribution in [3.8, 4) is 0 Å². The zero-order valence-electron chi connectivity index (χ0n) is 12.8. The lowest BCUT2D eigenvalue weighted by Gasteiger charge is -2.35. The van der Waals surface area contributed by atoms with Gasteiger partial charge in [-0.3, -0.25) is 5.10 Å². The quantitative estimate of drug-likeness (QED) is 0.745. The van der Waals surface area contributed by atoms with Gasteiger partial charge in [0.25, 0.3) is 0 Å². The summed E-state index contributed by atoms with van der Waals surface area (Å²) in [6.07, 6.45) is 1.61. The summed E-state index contributed by atoms with van der Waals surface area (Å²) in [5.41, 5.74) is 3.58. The van der Waals surface area contributed by atoms with Gasteiger partial charge in [0, 0.05) is 13.0 Å². The van der Waals surface area contributed by atoms with Gasteiger partial charge in [-0.05, 0) is 30.2 Å². The highest BCUT2D eigenvalue weighted by Crippen LogP contribution is 2.31. The summed E-state index contributed by atoms with van der Waals surface area (Å²) < 4.78 is 13.5. The molecule has 0 saturated heterocycles. The van der Waals surface area contributed by atoms with Gasteiger partial charge in [0.15, 0.2) is 11.3 Å². The fourth-order valence-electron chi connectivity index (χ4n) is 3.14. The van der Waals surface area contributed by atoms with E-state index in [0.717, 1.165) is 11.3 Å². The van der Waals surface area contributed by atoms with Gasteiger partial charge in [0.2, 0.25) is 0 Å². The van der Waals surface area contributed by atoms with Crippen molar-refractivity contribution in [2.45, 2.75) is 25.9 Å². The number of hydrogen-bond acceptors (Lipinski definition) is 5. The molecule has 2 aromatic heterocycles. The number of halogens is 1. The minimum absolute atomic E-state index is 0.206. The van der Waals surface area contributed by atoms with Crippen LogP contribution in [-0.4, -0.2) is 37.3 Å². The molecule has 7 nitrogen and oxygen atoms in total. The summed E-state index contributed by atoms with van der Waals surface area (Å²) in [4.78, 5) is 21.9. The zero-order chi connectivity index (χ0) is 16.8. The Kier molecular flexibility index (Phi) is 3.19. The molecule has 122 valence electrons. The van der Waals surface area contributed by atoms with Crippen molar-refractivity contribution >= 4 is 22.8 Å². The van der Waals surface area contributed by atoms with Gasteiger partial charge < -0.3 is 10.0 Å². The van der Waals surface area contributed by atoms with Gasteiger partial charge in [0.1, 0.15) is 23.7 Å². The third-order valence-corrected chi connectivity index (χ3v) is 4.35. The van der Waals surface area contributed by atoms with Gasteiger partial charge in [-0.15, -0.1) is 0 Å². The standard InChI is InChI=1S/C16H14FN5O2/c1-8-13-14(21-20-8)15(19-7-18-13)22-6-9-2-3-11(17)4-10(9)5-12(22)16(23)24/h2-4,7,12H,5-6H2,1H3,(H,20,21)(H,23,24)/t12-/m0/s1. The van der Waals surface area contributed by atoms with E-state index in [-0.39, 0.29) is 12.2 Å². The lowest BCUT2D eigenvalue weighted by molar-refractivity contribution is -0.138. The second-order valence-electron chi connectivity index (χ2n) is 5.84. The summed E-state index contributed by atoms with van der Waals surface area (Å²) >= 11 is 0. The van der Waals surface area contributed by atoms with Crippen LogP contribution in [0.25, 0.3) is 11.0 Å². The van der Waals surface area contributed by atoms with E-state index in [2.05, 4.69) is 20.2 Å². The average Bonchev–Trinajstić information content (AvgIpc) is 2.95. The Morgan fingerprint density at radius 2 is 2.17 bits per heavy atom. The van der Waals surface area contributed by atoms with E-state index in [1.54, 1.807) is 11.0 Å². The highest BCUT2D eigenvalue weighted by atomic mass is 19.1. The van der Waals surface area contributed by atoms with Crippen molar-refractivity contribution < 1.29 is 14.3 Å². The van der Waals surface area contributed by atoms with E-state index in [1.807, 2.05) is 6.92 Å². The van der Waals surface area contributed by atoms with Crippen LogP contribution >= 0.6 is 0 Å². The molecule has 0 fully saturated rings. The van der Waals surface area contributed by atoms with Crippen LogP contribution in [0.3, 0.4) is 0 Å². The second kappa shape index (κ2) is 5.26. The van der Waals surface area contributed by atoms with Crippen molar-refractivity contribution in [1.82, 2.24) is 20.2 Å². The number of nitrogens with zero attached hydrogens (tertiary/aromatic N) is 4. The molecular formula is C16H14FN5O2. The fraction of sp³-hybridized carbons (Fsp3) is 0.250. The van der Waals surface area contributed by atoms with Crippen molar-refractivity contribution in [3.63, 3.8) is 0 Å². The van der Waals surface area contributed by atoms with Crippen molar-refractivity contribution in [2.75, 3.05) is 4.90 Å². The molecule has 2 N–H and O–H groups in total. The van der Waals surface area contributed by atoms with E-state index in [9.17, 15) is 14.3 Å². The zero-order valence-corrected chi connectivity index (χ0v) is 12.8. The summed E-state index contributed by atoms with van der Waals surface area (Å²) in [5, 5.41) is 16.7. The van der Waals surface area contributed by atoms with Crippen molar-refractivity contribution in [2.24, 2.45) is 0 Å². The van der Waals surface area contributed by atoms with Crippen LogP contribution in [0.4, 0.5) is 10.2 Å². The summed E-state index contributed by atoms with van der Waals surface area (Å²) in [6, 6.07) is 3.63. The Bertz CT molecular complexity index is 955. The molecule has 1 aliphatic rings. The molecule has 4 rings (SSSR count). The van der Waals surface area contributed by atoms with E-state index >= 15 is 0 Å². The minimum atomic E-state index is -0.982. The van der Waals surface area contributed by atoms with Crippen LogP contribution in [0.15, 0.2) is 24.5 Å². The molecule has 0 bridgehead atoms. The van der Waals surface area contributed by atoms with Gasteiger partial charge >= 0.3 is 5.97 Å². The number of H-pyrrole nitrogens is 1. The van der Waals surface area contributed by atoms with Crippen LogP contribution in [0, 0.1) is 12.7 Å². The van der Waals surface area contributed by atoms with Gasteiger partial charge in [-0.25, -0.2) is 19.2 Å². The maximum Gasteiger partial charge on any atom is 0.326 e. The van der Waals surface area contributed by atoms with E-state index in [4.69, 9.17) is 0 Å². The first-order valence-electron chi connectivity index (χ1n) is 7.47. The Labute approximate surface area is 136 Å². The molecule has 3 heterocycles. The molecule has 24 heavy (non-hydrogen) atoms. The Hall–Kier alpha value is -3.03. The molecule has 1 atom stereocenters. The highest BCUT2D eigenvalue weighted by molar-refractivity contribution is 5.90. The number of nitrogens with one attached hydrogen (secondary N) is 1. The first-order valence-corrected chi connectivity index (χ1v) is 7.47. The molecule has 0 aliphatic carbocycles. The Morgan fingerprint density at radius 1 is 1.33 bits per heavy atom. The number of aryl methyl sites for hydroxylation is 1. The molecular weight excluding hydrogens is 313 g/mol. The lowest BCUT2D eigenvalue weighted by atomic mass is 9.93. The number of hydrogen-bond donors (Lipinski definition) is 2. The maximum absolute atomic E-state index is 13.5. The second-order valence-corrected chi connectivity index (χ2v) is 5.84. The number of carboxylic acids is 1. The van der Waals surface area contributed by atoms with Crippen LogP contribution in [-0.2, 0) is 17.8 Å². The Morgan fingerprint density at radius 3 is 2.96 bits per heavy atom. The highest BCUT2D eigenvalue weighted by Gasteiger charge is 2.34. The number of carbonyl (C=O) groups is 1. The molecule has 1 aliphatic heterocycles. The average molecular weight is 327 g/mol. The van der Waals surface area contributed by atoms with Crippen LogP contribution in [0.1, 0.15) is 16.8 Å². The summed E-state index contributed by atoms with van der Waals surface area (Å²) in [7, 11) is 0. The number of aliphatic carboxylic acids is 1. The van der Waals surface area contributed by atoms with E-state index in [0.29, 0.717) is 29.0 Å². The predicted molar refractivity (Wildman–Crippen MR) is 84.1 cm³/mol. The molecule has 0 unspecified atom stereocenters. The number of carboxylic acid groups (broad SMARTS) is 1. The number of anilines is 1. The van der Waals surface area contributed by atoms with E-state index < -0.39 is 12.0 Å². The molecule has 8 heteroatoms. The molecule has 0 amide bonds. The largest absolute Gasteiger partial charge is 0.480 e. The predicted octanol–water partition coefficient (Wildman–Crippen LogP) is 1.82. The van der Waals surface area contributed by atoms with Crippen molar-refractivity contribution in [3.05, 3.63) is 47.2 Å². The summed E-state index contributed by atoms with van der Waals surface area (Å²) in [6.45, 7) is 2.17. The summed E-state index contributed by atoms with van der Waals surface area (Å²) in [5.74, 6) is -0.880. The topological polar surface area (TPSA) is 95.0 Å². The first-order chi connectivity index (χ1) is 11.5. The van der Waals surface area contributed by atoms with Gasteiger partial charge in [0.05, 0.1) is 5.69 Å².